The molecule has 0 aliphatic heterocycles. The zero-order valence-electron chi connectivity index (χ0n) is 19.3. The Morgan fingerprint density at radius 3 is 0.879 bits per heavy atom. The van der Waals surface area contributed by atoms with Crippen LogP contribution in [-0.4, -0.2) is 18.5 Å². The maximum atomic E-state index is 7.44. The van der Waals surface area contributed by atoms with Crippen molar-refractivity contribution < 1.29 is 20.4 Å². The van der Waals surface area contributed by atoms with E-state index < -0.39 is 15.8 Å². The van der Waals surface area contributed by atoms with Gasteiger partial charge in [-0.05, 0) is 48.5 Å². The summed E-state index contributed by atoms with van der Waals surface area (Å²) < 4.78 is 0. The molecule has 0 atom stereocenters. The average molecular weight is 564 g/mol. The molecule has 0 amide bonds. The summed E-state index contributed by atoms with van der Waals surface area (Å²) in [5.74, 6) is 0. The van der Waals surface area contributed by atoms with Crippen molar-refractivity contribution in [1.29, 1.82) is 0 Å². The fourth-order valence-electron chi connectivity index (χ4n) is 3.72. The fourth-order valence-corrected chi connectivity index (χ4v) is 9.92. The molecule has 0 N–H and O–H groups in total. The first-order chi connectivity index (χ1) is 15.3. The third-order valence-electron chi connectivity index (χ3n) is 5.11. The minimum Gasteiger partial charge on any atom is -0.814 e. The zero-order valence-corrected chi connectivity index (χ0v) is 22.9. The van der Waals surface area contributed by atoms with Crippen LogP contribution in [0.1, 0.15) is 6.92 Å². The first-order valence-electron chi connectivity index (χ1n) is 10.7. The van der Waals surface area contributed by atoms with Crippen LogP contribution in [0.2, 0.25) is 0 Å². The molecule has 0 aliphatic rings. The molecule has 0 unspecified atom stereocenters. The Bertz CT molecular complexity index is 850. The van der Waals surface area contributed by atoms with E-state index in [1.165, 1.54) is 33.5 Å². The number of hydrogen-bond donors (Lipinski definition) is 0. The van der Waals surface area contributed by atoms with Crippen LogP contribution in [0.3, 0.4) is 0 Å². The molecule has 1 nitrogen and oxygen atoms in total. The maximum Gasteiger partial charge on any atom is 2.00 e. The van der Waals surface area contributed by atoms with Crippen LogP contribution in [0.4, 0.5) is 0 Å². The van der Waals surface area contributed by atoms with Crippen LogP contribution < -0.4 is 21.2 Å². The summed E-state index contributed by atoms with van der Waals surface area (Å²) in [5, 5.41) is 13.5. The summed E-state index contributed by atoms with van der Waals surface area (Å²) in [6.45, 7) is 1.56. The Morgan fingerprint density at radius 2 is 0.697 bits per heavy atom. The first kappa shape index (κ1) is 29.1. The molecule has 4 aromatic rings. The average Bonchev–Trinajstić information content (AvgIpc) is 2.85. The van der Waals surface area contributed by atoms with Crippen LogP contribution in [0.15, 0.2) is 121 Å². The fraction of sp³-hybridized carbons (Fsp3) is 0.103. The Morgan fingerprint density at radius 1 is 0.515 bits per heavy atom. The van der Waals surface area contributed by atoms with Crippen molar-refractivity contribution in [2.75, 3.05) is 12.3 Å². The molecule has 0 bridgehead atoms. The van der Waals surface area contributed by atoms with Crippen molar-refractivity contribution in [2.24, 2.45) is 0 Å². The summed E-state index contributed by atoms with van der Waals surface area (Å²) in [4.78, 5) is 0. The molecule has 172 valence electrons. The van der Waals surface area contributed by atoms with Gasteiger partial charge < -0.3 is 12.8 Å². The second-order valence-corrected chi connectivity index (χ2v) is 12.4. The van der Waals surface area contributed by atoms with E-state index in [1.807, 2.05) is 0 Å². The molecule has 0 heterocycles. The van der Waals surface area contributed by atoms with Crippen LogP contribution in [0.5, 0.6) is 0 Å². The van der Waals surface area contributed by atoms with Crippen molar-refractivity contribution in [3.05, 3.63) is 134 Å². The van der Waals surface area contributed by atoms with Crippen LogP contribution in [-0.2, 0) is 20.4 Å². The van der Waals surface area contributed by atoms with E-state index in [-0.39, 0.29) is 27.8 Å². The predicted octanol–water partition coefficient (Wildman–Crippen LogP) is 5.81. The molecule has 0 saturated heterocycles. The third-order valence-corrected chi connectivity index (χ3v) is 11.2. The first-order valence-corrected chi connectivity index (χ1v) is 14.1. The van der Waals surface area contributed by atoms with Gasteiger partial charge in [0.2, 0.25) is 0 Å². The summed E-state index contributed by atoms with van der Waals surface area (Å²) >= 11 is 0. The van der Waals surface area contributed by atoms with Crippen molar-refractivity contribution in [2.45, 2.75) is 6.92 Å². The van der Waals surface area contributed by atoms with Gasteiger partial charge >= 0.3 is 20.4 Å². The van der Waals surface area contributed by atoms with Gasteiger partial charge in [-0.2, -0.15) is 0 Å². The molecule has 4 rings (SSSR count). The maximum absolute atomic E-state index is 7.44. The van der Waals surface area contributed by atoms with Gasteiger partial charge in [-0.1, -0.05) is 79.7 Å². The van der Waals surface area contributed by atoms with E-state index in [2.05, 4.69) is 121 Å². The number of hydrogen-bond acceptors (Lipinski definition) is 0. The Hall–Kier alpha value is -1.93. The van der Waals surface area contributed by atoms with Crippen molar-refractivity contribution in [3.8, 4) is 0 Å². The number of rotatable bonds is 7. The van der Waals surface area contributed by atoms with Gasteiger partial charge in [-0.25, -0.2) is 6.21 Å². The van der Waals surface area contributed by atoms with Crippen LogP contribution >= 0.6 is 15.8 Å². The molecule has 0 radical (unpaired) electrons. The van der Waals surface area contributed by atoms with E-state index >= 15 is 0 Å². The number of nitrogens with zero attached hydrogens (tertiary/aromatic N) is 1. The standard InChI is InChI=1S/C26H24P2.C2H4N.CH3.Pd/c1-5-13-23(14-6-1)27(24-15-7-2-8-16-24)21-22-28(25-17-9-3-10-18-25)26-19-11-4-12-20-26;1-2-3;;/h1-20H,21-22H2;2H,1H3;1H3;/q;2*-1;+2/p+2. The Balaban J connectivity index is 0.00000103. The molecular weight excluding hydrogens is 531 g/mol. The largest absolute Gasteiger partial charge is 2.00 e. The summed E-state index contributed by atoms with van der Waals surface area (Å²) in [6, 6.07) is 44.5. The molecule has 0 fully saturated rings. The van der Waals surface area contributed by atoms with E-state index in [1.54, 1.807) is 6.92 Å². The zero-order chi connectivity index (χ0) is 21.7. The Labute approximate surface area is 216 Å². The molecular formula is C29H33NP2Pd+2. The van der Waals surface area contributed by atoms with E-state index in [0.29, 0.717) is 0 Å². The summed E-state index contributed by atoms with van der Waals surface area (Å²) in [7, 11) is -1.57. The van der Waals surface area contributed by atoms with Gasteiger partial charge in [0, 0.05) is 0 Å². The smallest absolute Gasteiger partial charge is 0.814 e. The van der Waals surface area contributed by atoms with Crippen LogP contribution in [0, 0.1) is 7.43 Å². The van der Waals surface area contributed by atoms with Gasteiger partial charge in [0.25, 0.3) is 0 Å². The van der Waals surface area contributed by atoms with E-state index in [9.17, 15) is 0 Å². The minimum atomic E-state index is -0.783. The van der Waals surface area contributed by atoms with Crippen molar-refractivity contribution in [3.63, 3.8) is 0 Å². The third kappa shape index (κ3) is 9.09. The second kappa shape index (κ2) is 16.6. The number of benzene rings is 4. The molecule has 4 heteroatoms. The second-order valence-electron chi connectivity index (χ2n) is 7.18. The molecule has 0 spiro atoms. The van der Waals surface area contributed by atoms with Gasteiger partial charge in [0.05, 0.1) is 37.1 Å². The van der Waals surface area contributed by atoms with Crippen molar-refractivity contribution >= 4 is 43.3 Å². The summed E-state index contributed by atoms with van der Waals surface area (Å²) in [6.07, 6.45) is 3.52. The van der Waals surface area contributed by atoms with Gasteiger partial charge in [-0.15, -0.1) is 0 Å². The molecule has 0 aliphatic carbocycles. The molecule has 33 heavy (non-hydrogen) atoms. The molecule has 4 aromatic carbocycles. The van der Waals surface area contributed by atoms with Gasteiger partial charge in [-0.3, -0.25) is 0 Å². The van der Waals surface area contributed by atoms with Gasteiger partial charge in [0.1, 0.15) is 12.3 Å². The van der Waals surface area contributed by atoms with Crippen molar-refractivity contribution in [1.82, 2.24) is 0 Å². The molecule has 0 aromatic heterocycles. The minimum absolute atomic E-state index is 0. The topological polar surface area (TPSA) is 22.3 Å². The summed E-state index contributed by atoms with van der Waals surface area (Å²) in [5.41, 5.74) is 0. The van der Waals surface area contributed by atoms with E-state index in [0.717, 1.165) is 6.21 Å². The van der Waals surface area contributed by atoms with Gasteiger partial charge in [0.15, 0.2) is 0 Å². The van der Waals surface area contributed by atoms with E-state index in [4.69, 9.17) is 5.41 Å². The predicted molar refractivity (Wildman–Crippen MR) is 152 cm³/mol. The molecule has 0 saturated carbocycles. The Kier molecular flexibility index (Phi) is 14.7. The monoisotopic (exact) mass is 563 g/mol. The quantitative estimate of drug-likeness (QED) is 0.117. The SMILES string of the molecule is CC=[N-].[CH3-].[Pd+2].c1ccc([PH+](CC[PH+](c2ccccc2)c2ccccc2)c2ccccc2)cc1. The van der Waals surface area contributed by atoms with Crippen LogP contribution in [0.25, 0.3) is 5.41 Å². The normalized spacial score (nSPS) is 9.79.